The zero-order valence-electron chi connectivity index (χ0n) is 16.9. The maximum absolute atomic E-state index is 12.6. The van der Waals surface area contributed by atoms with E-state index in [0.717, 1.165) is 29.0 Å². The fourth-order valence-electron chi connectivity index (χ4n) is 3.55. The van der Waals surface area contributed by atoms with Crippen LogP contribution >= 0.6 is 11.6 Å². The minimum Gasteiger partial charge on any atom is -0.495 e. The minimum absolute atomic E-state index is 0.111. The predicted octanol–water partition coefficient (Wildman–Crippen LogP) is 4.97. The lowest BCUT2D eigenvalue weighted by Gasteiger charge is -2.12. The Labute approximate surface area is 180 Å². The van der Waals surface area contributed by atoms with E-state index >= 15 is 0 Å². The van der Waals surface area contributed by atoms with E-state index in [-0.39, 0.29) is 5.91 Å². The van der Waals surface area contributed by atoms with E-state index in [4.69, 9.17) is 16.3 Å². The Morgan fingerprint density at radius 1 is 1.10 bits per heavy atom. The topological polar surface area (TPSA) is 56.2 Å². The van der Waals surface area contributed by atoms with Gasteiger partial charge in [0.2, 0.25) is 0 Å². The van der Waals surface area contributed by atoms with Crippen LogP contribution in [0.2, 0.25) is 5.02 Å². The van der Waals surface area contributed by atoms with Gasteiger partial charge in [0.1, 0.15) is 11.6 Å². The van der Waals surface area contributed by atoms with E-state index in [1.807, 2.05) is 60.0 Å². The summed E-state index contributed by atoms with van der Waals surface area (Å²) in [7, 11) is 1.62. The number of ether oxygens (including phenoxy) is 1. The molecule has 0 aliphatic carbocycles. The predicted molar refractivity (Wildman–Crippen MR) is 120 cm³/mol. The number of carbonyl (C=O) groups is 1. The number of nitrogens with zero attached hydrogens (tertiary/aromatic N) is 2. The number of imidazole rings is 1. The molecule has 0 spiro atoms. The molecule has 4 rings (SSSR count). The van der Waals surface area contributed by atoms with Crippen molar-refractivity contribution in [1.29, 1.82) is 0 Å². The maximum atomic E-state index is 12.6. The number of benzene rings is 3. The first-order valence-corrected chi connectivity index (χ1v) is 10.1. The van der Waals surface area contributed by atoms with Crippen LogP contribution in [0.25, 0.3) is 16.7 Å². The van der Waals surface area contributed by atoms with Gasteiger partial charge in [0, 0.05) is 17.1 Å². The maximum Gasteiger partial charge on any atom is 0.251 e. The zero-order chi connectivity index (χ0) is 21.1. The molecule has 152 valence electrons. The highest BCUT2D eigenvalue weighted by Gasteiger charge is 2.15. The van der Waals surface area contributed by atoms with Gasteiger partial charge >= 0.3 is 0 Å². The van der Waals surface area contributed by atoms with Gasteiger partial charge < -0.3 is 10.1 Å². The summed E-state index contributed by atoms with van der Waals surface area (Å²) in [5, 5.41) is 3.59. The van der Waals surface area contributed by atoms with Gasteiger partial charge in [-0.2, -0.15) is 0 Å². The SMILES string of the molecule is COc1ccc(Cl)cc1-n1c(C)nc2cc(C(=O)NCCc3ccccc3)ccc21. The number of fused-ring (bicyclic) bond motifs is 1. The van der Waals surface area contributed by atoms with E-state index in [0.29, 0.717) is 22.9 Å². The number of carbonyl (C=O) groups excluding carboxylic acids is 1. The fraction of sp³-hybridized carbons (Fsp3) is 0.167. The molecule has 1 heterocycles. The summed E-state index contributed by atoms with van der Waals surface area (Å²) < 4.78 is 7.48. The summed E-state index contributed by atoms with van der Waals surface area (Å²) >= 11 is 6.21. The number of hydrogen-bond acceptors (Lipinski definition) is 3. The summed E-state index contributed by atoms with van der Waals surface area (Å²) in [6.45, 7) is 2.49. The van der Waals surface area contributed by atoms with Gasteiger partial charge in [-0.1, -0.05) is 41.9 Å². The van der Waals surface area contributed by atoms with Crippen molar-refractivity contribution in [1.82, 2.24) is 14.9 Å². The molecule has 0 bridgehead atoms. The molecule has 0 radical (unpaired) electrons. The highest BCUT2D eigenvalue weighted by molar-refractivity contribution is 6.30. The number of rotatable bonds is 6. The van der Waals surface area contributed by atoms with Gasteiger partial charge in [-0.3, -0.25) is 9.36 Å². The molecular weight excluding hydrogens is 398 g/mol. The average Bonchev–Trinajstić information content (AvgIpc) is 3.09. The van der Waals surface area contributed by atoms with Crippen molar-refractivity contribution in [2.75, 3.05) is 13.7 Å². The summed E-state index contributed by atoms with van der Waals surface area (Å²) in [5.41, 5.74) is 4.21. The van der Waals surface area contributed by atoms with Crippen LogP contribution in [0, 0.1) is 6.92 Å². The van der Waals surface area contributed by atoms with Gasteiger partial charge in [0.15, 0.2) is 0 Å². The van der Waals surface area contributed by atoms with Crippen LogP contribution in [-0.2, 0) is 6.42 Å². The molecule has 0 fully saturated rings. The number of amides is 1. The Kier molecular flexibility index (Phi) is 5.72. The van der Waals surface area contributed by atoms with Crippen LogP contribution < -0.4 is 10.1 Å². The molecule has 3 aromatic carbocycles. The molecule has 0 unspecified atom stereocenters. The average molecular weight is 420 g/mol. The molecule has 30 heavy (non-hydrogen) atoms. The number of nitrogens with one attached hydrogen (secondary N) is 1. The van der Waals surface area contributed by atoms with Gasteiger partial charge in [-0.25, -0.2) is 4.98 Å². The molecule has 1 aromatic heterocycles. The summed E-state index contributed by atoms with van der Waals surface area (Å²) in [4.78, 5) is 17.3. The van der Waals surface area contributed by atoms with E-state index in [1.54, 1.807) is 13.2 Å². The van der Waals surface area contributed by atoms with E-state index in [2.05, 4.69) is 22.4 Å². The van der Waals surface area contributed by atoms with Crippen LogP contribution in [0.4, 0.5) is 0 Å². The lowest BCUT2D eigenvalue weighted by molar-refractivity contribution is 0.0954. The normalized spacial score (nSPS) is 10.9. The Morgan fingerprint density at radius 2 is 1.90 bits per heavy atom. The van der Waals surface area contributed by atoms with Crippen LogP contribution in [-0.4, -0.2) is 29.1 Å². The van der Waals surface area contributed by atoms with Crippen molar-refractivity contribution in [3.63, 3.8) is 0 Å². The molecule has 0 saturated heterocycles. The molecule has 1 N–H and O–H groups in total. The van der Waals surface area contributed by atoms with E-state index in [9.17, 15) is 4.79 Å². The Balaban J connectivity index is 1.59. The lowest BCUT2D eigenvalue weighted by Crippen LogP contribution is -2.25. The molecule has 0 saturated carbocycles. The Morgan fingerprint density at radius 3 is 2.67 bits per heavy atom. The second-order valence-corrected chi connectivity index (χ2v) is 7.44. The quantitative estimate of drug-likeness (QED) is 0.480. The Hall–Kier alpha value is -3.31. The largest absolute Gasteiger partial charge is 0.495 e. The van der Waals surface area contributed by atoms with Crippen LogP contribution in [0.5, 0.6) is 5.75 Å². The van der Waals surface area contributed by atoms with Crippen molar-refractivity contribution < 1.29 is 9.53 Å². The molecule has 5 nitrogen and oxygen atoms in total. The van der Waals surface area contributed by atoms with Gasteiger partial charge in [-0.05, 0) is 55.3 Å². The summed E-state index contributed by atoms with van der Waals surface area (Å²) in [6.07, 6.45) is 0.789. The number of hydrogen-bond donors (Lipinski definition) is 1. The van der Waals surface area contributed by atoms with Gasteiger partial charge in [0.05, 0.1) is 23.8 Å². The second kappa shape index (κ2) is 8.59. The number of halogens is 1. The monoisotopic (exact) mass is 419 g/mol. The first-order chi connectivity index (χ1) is 14.6. The van der Waals surface area contributed by atoms with Gasteiger partial charge in [-0.15, -0.1) is 0 Å². The first kappa shape index (κ1) is 20.0. The highest BCUT2D eigenvalue weighted by Crippen LogP contribution is 2.31. The molecule has 0 aliphatic rings. The molecule has 1 amide bonds. The molecule has 6 heteroatoms. The molecular formula is C24H22ClN3O2. The van der Waals surface area contributed by atoms with Crippen LogP contribution in [0.3, 0.4) is 0 Å². The van der Waals surface area contributed by atoms with Crippen molar-refractivity contribution in [3.8, 4) is 11.4 Å². The lowest BCUT2D eigenvalue weighted by atomic mass is 10.1. The first-order valence-electron chi connectivity index (χ1n) is 9.72. The van der Waals surface area contributed by atoms with Crippen molar-refractivity contribution in [3.05, 3.63) is 88.7 Å². The third kappa shape index (κ3) is 4.02. The highest BCUT2D eigenvalue weighted by atomic mass is 35.5. The number of methoxy groups -OCH3 is 1. The van der Waals surface area contributed by atoms with Crippen LogP contribution in [0.15, 0.2) is 66.7 Å². The third-order valence-corrected chi connectivity index (χ3v) is 5.24. The fourth-order valence-corrected chi connectivity index (χ4v) is 3.72. The summed E-state index contributed by atoms with van der Waals surface area (Å²) in [6, 6.07) is 21.1. The standard InChI is InChI=1S/C24H22ClN3O2/c1-16-27-20-14-18(24(29)26-13-12-17-6-4-3-5-7-17)8-10-21(20)28(16)22-15-19(25)9-11-23(22)30-2/h3-11,14-15H,12-13H2,1-2H3,(H,26,29). The number of aryl methyl sites for hydroxylation is 1. The van der Waals surface area contributed by atoms with E-state index in [1.165, 1.54) is 5.56 Å². The van der Waals surface area contributed by atoms with Crippen molar-refractivity contribution in [2.45, 2.75) is 13.3 Å². The van der Waals surface area contributed by atoms with Crippen LogP contribution in [0.1, 0.15) is 21.7 Å². The number of aromatic nitrogens is 2. The van der Waals surface area contributed by atoms with Crippen molar-refractivity contribution >= 4 is 28.5 Å². The van der Waals surface area contributed by atoms with Gasteiger partial charge in [0.25, 0.3) is 5.91 Å². The third-order valence-electron chi connectivity index (χ3n) is 5.01. The molecule has 4 aromatic rings. The second-order valence-electron chi connectivity index (χ2n) is 7.01. The smallest absolute Gasteiger partial charge is 0.251 e. The van der Waals surface area contributed by atoms with Crippen molar-refractivity contribution in [2.24, 2.45) is 0 Å². The molecule has 0 atom stereocenters. The molecule has 0 aliphatic heterocycles. The zero-order valence-corrected chi connectivity index (χ0v) is 17.6. The Bertz CT molecular complexity index is 1200. The van der Waals surface area contributed by atoms with E-state index < -0.39 is 0 Å². The summed E-state index contributed by atoms with van der Waals surface area (Å²) in [5.74, 6) is 1.37. The minimum atomic E-state index is -0.111.